The zero-order valence-corrected chi connectivity index (χ0v) is 9.60. The van der Waals surface area contributed by atoms with Crippen LogP contribution in [0.15, 0.2) is 24.3 Å². The fraction of sp³-hybridized carbons (Fsp3) is 0.538. The van der Waals surface area contributed by atoms with E-state index in [1.54, 1.807) is 0 Å². The van der Waals surface area contributed by atoms with Gasteiger partial charge in [0.25, 0.3) is 0 Å². The summed E-state index contributed by atoms with van der Waals surface area (Å²) in [5.41, 5.74) is 8.09. The van der Waals surface area contributed by atoms with Crippen molar-refractivity contribution in [2.45, 2.75) is 38.3 Å². The Morgan fingerprint density at radius 3 is 2.38 bits per heavy atom. The van der Waals surface area contributed by atoms with E-state index in [-0.39, 0.29) is 19.3 Å². The highest BCUT2D eigenvalue weighted by atomic mass is 16.3. The SMILES string of the molecule is N[C@@H](CCCCO)Cc1ccccc1CO. The van der Waals surface area contributed by atoms with E-state index in [0.717, 1.165) is 36.8 Å². The Balaban J connectivity index is 2.45. The zero-order chi connectivity index (χ0) is 11.8. The highest BCUT2D eigenvalue weighted by molar-refractivity contribution is 5.27. The predicted molar refractivity (Wildman–Crippen MR) is 65.0 cm³/mol. The summed E-state index contributed by atoms with van der Waals surface area (Å²) in [6.07, 6.45) is 3.48. The fourth-order valence-electron chi connectivity index (χ4n) is 1.81. The number of nitrogens with two attached hydrogens (primary N) is 1. The zero-order valence-electron chi connectivity index (χ0n) is 9.60. The second-order valence-electron chi connectivity index (χ2n) is 4.11. The smallest absolute Gasteiger partial charge is 0.0684 e. The molecule has 1 aromatic rings. The lowest BCUT2D eigenvalue weighted by atomic mass is 9.98. The molecule has 0 bridgehead atoms. The summed E-state index contributed by atoms with van der Waals surface area (Å²) in [4.78, 5) is 0. The molecule has 0 unspecified atom stereocenters. The number of unbranched alkanes of at least 4 members (excludes halogenated alkanes) is 1. The Kier molecular flexibility index (Phi) is 6.08. The van der Waals surface area contributed by atoms with E-state index >= 15 is 0 Å². The second-order valence-corrected chi connectivity index (χ2v) is 4.11. The van der Waals surface area contributed by atoms with Gasteiger partial charge in [-0.25, -0.2) is 0 Å². The van der Waals surface area contributed by atoms with Gasteiger partial charge < -0.3 is 15.9 Å². The maximum absolute atomic E-state index is 9.17. The van der Waals surface area contributed by atoms with Crippen molar-refractivity contribution in [3.8, 4) is 0 Å². The van der Waals surface area contributed by atoms with Crippen LogP contribution in [0.5, 0.6) is 0 Å². The third kappa shape index (κ3) is 4.31. The molecule has 0 heterocycles. The molecule has 16 heavy (non-hydrogen) atoms. The summed E-state index contributed by atoms with van der Waals surface area (Å²) in [6, 6.07) is 7.94. The summed E-state index contributed by atoms with van der Waals surface area (Å²) in [6.45, 7) is 0.305. The van der Waals surface area contributed by atoms with Gasteiger partial charge in [0, 0.05) is 12.6 Å². The van der Waals surface area contributed by atoms with Gasteiger partial charge in [-0.1, -0.05) is 24.3 Å². The van der Waals surface area contributed by atoms with Crippen molar-refractivity contribution in [1.29, 1.82) is 0 Å². The largest absolute Gasteiger partial charge is 0.396 e. The minimum atomic E-state index is 0.0690. The van der Waals surface area contributed by atoms with E-state index in [1.165, 1.54) is 0 Å². The van der Waals surface area contributed by atoms with E-state index in [2.05, 4.69) is 0 Å². The van der Waals surface area contributed by atoms with Crippen molar-refractivity contribution in [3.63, 3.8) is 0 Å². The minimum absolute atomic E-state index is 0.0690. The van der Waals surface area contributed by atoms with E-state index in [4.69, 9.17) is 10.8 Å². The van der Waals surface area contributed by atoms with Crippen molar-refractivity contribution in [2.75, 3.05) is 6.61 Å². The van der Waals surface area contributed by atoms with Crippen molar-refractivity contribution in [2.24, 2.45) is 5.73 Å². The van der Waals surface area contributed by atoms with E-state index in [1.807, 2.05) is 24.3 Å². The van der Waals surface area contributed by atoms with Gasteiger partial charge >= 0.3 is 0 Å². The van der Waals surface area contributed by atoms with E-state index in [9.17, 15) is 5.11 Å². The highest BCUT2D eigenvalue weighted by Gasteiger charge is 2.07. The van der Waals surface area contributed by atoms with Crippen LogP contribution in [-0.4, -0.2) is 22.9 Å². The number of hydrogen-bond acceptors (Lipinski definition) is 3. The lowest BCUT2D eigenvalue weighted by Crippen LogP contribution is -2.23. The van der Waals surface area contributed by atoms with Crippen LogP contribution in [-0.2, 0) is 13.0 Å². The van der Waals surface area contributed by atoms with Gasteiger partial charge in [-0.05, 0) is 36.8 Å². The monoisotopic (exact) mass is 223 g/mol. The molecule has 0 aliphatic carbocycles. The average molecular weight is 223 g/mol. The molecule has 3 nitrogen and oxygen atoms in total. The predicted octanol–water partition coefficient (Wildman–Crippen LogP) is 1.21. The Morgan fingerprint density at radius 2 is 1.75 bits per heavy atom. The van der Waals surface area contributed by atoms with Crippen LogP contribution in [0, 0.1) is 0 Å². The molecule has 0 spiro atoms. The van der Waals surface area contributed by atoms with Crippen molar-refractivity contribution < 1.29 is 10.2 Å². The molecule has 1 atom stereocenters. The van der Waals surface area contributed by atoms with Crippen LogP contribution in [0.4, 0.5) is 0 Å². The molecule has 0 amide bonds. The van der Waals surface area contributed by atoms with Crippen LogP contribution in [0.1, 0.15) is 30.4 Å². The summed E-state index contributed by atoms with van der Waals surface area (Å²) >= 11 is 0. The van der Waals surface area contributed by atoms with Crippen molar-refractivity contribution in [3.05, 3.63) is 35.4 Å². The van der Waals surface area contributed by atoms with Gasteiger partial charge in [0.05, 0.1) is 6.61 Å². The summed E-state index contributed by atoms with van der Waals surface area (Å²) in [7, 11) is 0. The first-order valence-corrected chi connectivity index (χ1v) is 5.82. The molecule has 0 aromatic heterocycles. The lowest BCUT2D eigenvalue weighted by Gasteiger charge is -2.13. The Hall–Kier alpha value is -0.900. The third-order valence-corrected chi connectivity index (χ3v) is 2.75. The standard InChI is InChI=1S/C13H21NO2/c14-13(7-3-4-8-15)9-11-5-1-2-6-12(11)10-16/h1-2,5-6,13,15-16H,3-4,7-10,14H2/t13-/m0/s1. The Labute approximate surface area is 96.9 Å². The molecule has 0 aliphatic rings. The van der Waals surface area contributed by atoms with Gasteiger partial charge in [-0.2, -0.15) is 0 Å². The maximum atomic E-state index is 9.17. The number of aliphatic hydroxyl groups excluding tert-OH is 2. The molecule has 1 rings (SSSR count). The first-order valence-electron chi connectivity index (χ1n) is 5.82. The number of benzene rings is 1. The first-order chi connectivity index (χ1) is 7.77. The maximum Gasteiger partial charge on any atom is 0.0684 e. The molecule has 90 valence electrons. The molecule has 0 fully saturated rings. The van der Waals surface area contributed by atoms with Gasteiger partial charge in [0.2, 0.25) is 0 Å². The normalized spacial score (nSPS) is 12.7. The molecule has 0 radical (unpaired) electrons. The molecule has 3 heteroatoms. The van der Waals surface area contributed by atoms with Crippen LogP contribution >= 0.6 is 0 Å². The molecule has 0 saturated carbocycles. The van der Waals surface area contributed by atoms with Gasteiger partial charge in [0.15, 0.2) is 0 Å². The topological polar surface area (TPSA) is 66.5 Å². The number of hydrogen-bond donors (Lipinski definition) is 3. The molecule has 4 N–H and O–H groups in total. The number of rotatable bonds is 7. The molecular weight excluding hydrogens is 202 g/mol. The van der Waals surface area contributed by atoms with Gasteiger partial charge in [-0.3, -0.25) is 0 Å². The lowest BCUT2D eigenvalue weighted by molar-refractivity contribution is 0.279. The molecule has 0 saturated heterocycles. The third-order valence-electron chi connectivity index (χ3n) is 2.75. The minimum Gasteiger partial charge on any atom is -0.396 e. The first kappa shape index (κ1) is 13.2. The van der Waals surface area contributed by atoms with Crippen LogP contribution in [0.3, 0.4) is 0 Å². The van der Waals surface area contributed by atoms with Crippen molar-refractivity contribution >= 4 is 0 Å². The fourth-order valence-corrected chi connectivity index (χ4v) is 1.81. The van der Waals surface area contributed by atoms with Gasteiger partial charge in [0.1, 0.15) is 0 Å². The quantitative estimate of drug-likeness (QED) is 0.609. The Morgan fingerprint density at radius 1 is 1.06 bits per heavy atom. The number of aliphatic hydroxyl groups is 2. The van der Waals surface area contributed by atoms with Crippen LogP contribution in [0.25, 0.3) is 0 Å². The van der Waals surface area contributed by atoms with Crippen LogP contribution < -0.4 is 5.73 Å². The molecular formula is C13H21NO2. The van der Waals surface area contributed by atoms with Crippen LogP contribution in [0.2, 0.25) is 0 Å². The molecule has 0 aliphatic heterocycles. The second kappa shape index (κ2) is 7.39. The van der Waals surface area contributed by atoms with E-state index < -0.39 is 0 Å². The Bertz CT molecular complexity index is 302. The average Bonchev–Trinajstić information content (AvgIpc) is 2.30. The van der Waals surface area contributed by atoms with Gasteiger partial charge in [-0.15, -0.1) is 0 Å². The molecule has 1 aromatic carbocycles. The van der Waals surface area contributed by atoms with Crippen molar-refractivity contribution in [1.82, 2.24) is 0 Å². The summed E-state index contributed by atoms with van der Waals surface area (Å²) < 4.78 is 0. The summed E-state index contributed by atoms with van der Waals surface area (Å²) in [5, 5.41) is 17.8. The van der Waals surface area contributed by atoms with E-state index in [0.29, 0.717) is 0 Å². The highest BCUT2D eigenvalue weighted by Crippen LogP contribution is 2.12. The summed E-state index contributed by atoms with van der Waals surface area (Å²) in [5.74, 6) is 0.